The molecule has 1 aromatic rings. The summed E-state index contributed by atoms with van der Waals surface area (Å²) in [6.07, 6.45) is 0.350. The fourth-order valence-electron chi connectivity index (χ4n) is 1.69. The van der Waals surface area contributed by atoms with Gasteiger partial charge in [0.2, 0.25) is 0 Å². The van der Waals surface area contributed by atoms with Crippen LogP contribution in [0.15, 0.2) is 18.2 Å². The molecule has 0 aromatic heterocycles. The van der Waals surface area contributed by atoms with Gasteiger partial charge in [-0.1, -0.05) is 0 Å². The largest absolute Gasteiger partial charge is 0.496 e. The Morgan fingerprint density at radius 1 is 1.32 bits per heavy atom. The monoisotopic (exact) mass is 265 g/mol. The maximum absolute atomic E-state index is 11.5. The van der Waals surface area contributed by atoms with Crippen molar-refractivity contribution >= 4 is 11.7 Å². The zero-order valence-electron chi connectivity index (χ0n) is 12.4. The van der Waals surface area contributed by atoms with Gasteiger partial charge in [-0.3, -0.25) is 4.79 Å². The van der Waals surface area contributed by atoms with Crippen molar-refractivity contribution in [1.82, 2.24) is 0 Å². The van der Waals surface area contributed by atoms with E-state index in [4.69, 9.17) is 9.47 Å². The number of hydrogen-bond donors (Lipinski definition) is 1. The van der Waals surface area contributed by atoms with E-state index in [-0.39, 0.29) is 5.97 Å². The van der Waals surface area contributed by atoms with Crippen LogP contribution in [0.3, 0.4) is 0 Å². The molecule has 0 unspecified atom stereocenters. The van der Waals surface area contributed by atoms with Crippen LogP contribution in [0.25, 0.3) is 0 Å². The fourth-order valence-corrected chi connectivity index (χ4v) is 1.69. The molecule has 4 nitrogen and oxygen atoms in total. The van der Waals surface area contributed by atoms with Crippen LogP contribution in [0.4, 0.5) is 5.69 Å². The van der Waals surface area contributed by atoms with Crippen LogP contribution in [0.2, 0.25) is 0 Å². The second-order valence-electron chi connectivity index (χ2n) is 5.45. The minimum atomic E-state index is -0.423. The molecule has 0 bridgehead atoms. The molecule has 19 heavy (non-hydrogen) atoms. The molecule has 0 saturated carbocycles. The molecule has 1 rings (SSSR count). The van der Waals surface area contributed by atoms with Crippen molar-refractivity contribution in [3.8, 4) is 5.75 Å². The number of benzene rings is 1. The molecule has 0 fully saturated rings. The van der Waals surface area contributed by atoms with E-state index in [0.717, 1.165) is 17.0 Å². The quantitative estimate of drug-likeness (QED) is 0.831. The van der Waals surface area contributed by atoms with Gasteiger partial charge in [0.1, 0.15) is 11.4 Å². The lowest BCUT2D eigenvalue weighted by atomic mass is 10.2. The zero-order valence-corrected chi connectivity index (χ0v) is 12.4. The summed E-state index contributed by atoms with van der Waals surface area (Å²) < 4.78 is 10.4. The fraction of sp³-hybridized carbons (Fsp3) is 0.533. The smallest absolute Gasteiger partial charge is 0.308 e. The van der Waals surface area contributed by atoms with Crippen molar-refractivity contribution in [1.29, 1.82) is 0 Å². The molecule has 0 aliphatic carbocycles. The predicted octanol–water partition coefficient (Wildman–Crippen LogP) is 3.15. The Kier molecular flexibility index (Phi) is 5.21. The number of methoxy groups -OCH3 is 1. The van der Waals surface area contributed by atoms with Crippen molar-refractivity contribution in [3.63, 3.8) is 0 Å². The highest BCUT2D eigenvalue weighted by atomic mass is 16.6. The Labute approximate surface area is 115 Å². The number of rotatable bonds is 5. The summed E-state index contributed by atoms with van der Waals surface area (Å²) in [5, 5.41) is 3.20. The van der Waals surface area contributed by atoms with E-state index >= 15 is 0 Å². The highest BCUT2D eigenvalue weighted by Gasteiger charge is 2.15. The third-order valence-corrected chi connectivity index (χ3v) is 2.47. The number of hydrogen-bond acceptors (Lipinski definition) is 4. The molecule has 0 spiro atoms. The molecule has 0 atom stereocenters. The van der Waals surface area contributed by atoms with Crippen LogP contribution < -0.4 is 10.1 Å². The first-order valence-corrected chi connectivity index (χ1v) is 6.42. The van der Waals surface area contributed by atoms with Gasteiger partial charge in [-0.05, 0) is 51.5 Å². The Bertz CT molecular complexity index is 436. The lowest BCUT2D eigenvalue weighted by Crippen LogP contribution is -2.25. The first-order valence-electron chi connectivity index (χ1n) is 6.42. The van der Waals surface area contributed by atoms with Gasteiger partial charge in [0.05, 0.1) is 13.5 Å². The summed E-state index contributed by atoms with van der Waals surface area (Å²) >= 11 is 0. The Morgan fingerprint density at radius 2 is 2.00 bits per heavy atom. The average Bonchev–Trinajstić information content (AvgIpc) is 2.26. The first kappa shape index (κ1) is 15.3. The normalized spacial score (nSPS) is 11.0. The molecule has 0 aliphatic heterocycles. The standard InChI is InChI=1S/C15H23NO3/c1-11-10-12(6-7-13(11)18-5)16-9-8-14(17)19-15(2,3)4/h6-7,10,16H,8-9H2,1-5H3. The highest BCUT2D eigenvalue weighted by molar-refractivity contribution is 5.70. The molecule has 0 saturated heterocycles. The van der Waals surface area contributed by atoms with Crippen molar-refractivity contribution in [2.24, 2.45) is 0 Å². The first-order chi connectivity index (χ1) is 8.81. The van der Waals surface area contributed by atoms with Crippen LogP contribution in [0, 0.1) is 6.92 Å². The van der Waals surface area contributed by atoms with Gasteiger partial charge in [0.15, 0.2) is 0 Å². The molecule has 0 heterocycles. The van der Waals surface area contributed by atoms with Crippen LogP contribution in [0.5, 0.6) is 5.75 Å². The van der Waals surface area contributed by atoms with Crippen molar-refractivity contribution < 1.29 is 14.3 Å². The topological polar surface area (TPSA) is 47.6 Å². The van der Waals surface area contributed by atoms with Gasteiger partial charge in [-0.2, -0.15) is 0 Å². The molecule has 1 N–H and O–H groups in total. The summed E-state index contributed by atoms with van der Waals surface area (Å²) in [4.78, 5) is 11.5. The summed E-state index contributed by atoms with van der Waals surface area (Å²) in [6, 6.07) is 5.83. The van der Waals surface area contributed by atoms with Crippen molar-refractivity contribution in [3.05, 3.63) is 23.8 Å². The predicted molar refractivity (Wildman–Crippen MR) is 76.7 cm³/mol. The van der Waals surface area contributed by atoms with E-state index in [0.29, 0.717) is 13.0 Å². The van der Waals surface area contributed by atoms with Gasteiger partial charge < -0.3 is 14.8 Å². The van der Waals surface area contributed by atoms with Crippen LogP contribution in [-0.2, 0) is 9.53 Å². The zero-order chi connectivity index (χ0) is 14.5. The number of carbonyl (C=O) groups excluding carboxylic acids is 1. The van der Waals surface area contributed by atoms with E-state index in [2.05, 4.69) is 5.32 Å². The van der Waals surface area contributed by atoms with E-state index in [1.165, 1.54) is 0 Å². The van der Waals surface area contributed by atoms with Gasteiger partial charge in [0.25, 0.3) is 0 Å². The lowest BCUT2D eigenvalue weighted by Gasteiger charge is -2.19. The number of ether oxygens (including phenoxy) is 2. The van der Waals surface area contributed by atoms with Gasteiger partial charge >= 0.3 is 5.97 Å². The minimum Gasteiger partial charge on any atom is -0.496 e. The molecule has 106 valence electrons. The molecule has 0 aliphatic rings. The van der Waals surface area contributed by atoms with E-state index in [1.807, 2.05) is 45.9 Å². The number of anilines is 1. The number of esters is 1. The van der Waals surface area contributed by atoms with Gasteiger partial charge in [-0.15, -0.1) is 0 Å². The Balaban J connectivity index is 2.41. The summed E-state index contributed by atoms with van der Waals surface area (Å²) in [5.74, 6) is 0.669. The van der Waals surface area contributed by atoms with E-state index < -0.39 is 5.60 Å². The third kappa shape index (κ3) is 5.64. The molecule has 0 amide bonds. The second-order valence-corrected chi connectivity index (χ2v) is 5.45. The van der Waals surface area contributed by atoms with E-state index in [1.54, 1.807) is 7.11 Å². The Hall–Kier alpha value is -1.71. The molecule has 4 heteroatoms. The minimum absolute atomic E-state index is 0.190. The van der Waals surface area contributed by atoms with Crippen molar-refractivity contribution in [2.75, 3.05) is 19.0 Å². The van der Waals surface area contributed by atoms with Crippen LogP contribution in [-0.4, -0.2) is 25.2 Å². The Morgan fingerprint density at radius 3 is 2.53 bits per heavy atom. The summed E-state index contributed by atoms with van der Waals surface area (Å²) in [7, 11) is 1.65. The summed E-state index contributed by atoms with van der Waals surface area (Å²) in [6.45, 7) is 8.14. The molecule has 0 radical (unpaired) electrons. The maximum Gasteiger partial charge on any atom is 0.308 e. The van der Waals surface area contributed by atoms with Crippen LogP contribution in [0.1, 0.15) is 32.8 Å². The molecular weight excluding hydrogens is 242 g/mol. The summed E-state index contributed by atoms with van der Waals surface area (Å²) in [5.41, 5.74) is 1.61. The van der Waals surface area contributed by atoms with Gasteiger partial charge in [0, 0.05) is 12.2 Å². The SMILES string of the molecule is COc1ccc(NCCC(=O)OC(C)(C)C)cc1C. The maximum atomic E-state index is 11.5. The van der Waals surface area contributed by atoms with Crippen molar-refractivity contribution in [2.45, 2.75) is 39.7 Å². The van der Waals surface area contributed by atoms with Gasteiger partial charge in [-0.25, -0.2) is 0 Å². The molecule has 1 aromatic carbocycles. The number of nitrogens with one attached hydrogen (secondary N) is 1. The second kappa shape index (κ2) is 6.45. The molecular formula is C15H23NO3. The average molecular weight is 265 g/mol. The van der Waals surface area contributed by atoms with E-state index in [9.17, 15) is 4.79 Å². The number of carbonyl (C=O) groups is 1. The third-order valence-electron chi connectivity index (χ3n) is 2.47. The lowest BCUT2D eigenvalue weighted by molar-refractivity contribution is -0.154. The highest BCUT2D eigenvalue weighted by Crippen LogP contribution is 2.21. The van der Waals surface area contributed by atoms with Crippen LogP contribution >= 0.6 is 0 Å². The number of aryl methyl sites for hydroxylation is 1.